The number of carbonyl (C=O) groups is 1. The Morgan fingerprint density at radius 1 is 1.12 bits per heavy atom. The molecule has 2 unspecified atom stereocenters. The third kappa shape index (κ3) is 3.15. The molecule has 2 atom stereocenters. The summed E-state index contributed by atoms with van der Waals surface area (Å²) in [6.07, 6.45) is 0.388. The second-order valence-corrected chi connectivity index (χ2v) is 8.20. The number of carboxylic acids is 1. The summed E-state index contributed by atoms with van der Waals surface area (Å²) in [5.74, 6) is -0.113. The maximum atomic E-state index is 12.0. The van der Waals surface area contributed by atoms with E-state index in [9.17, 15) is 9.90 Å². The van der Waals surface area contributed by atoms with Crippen molar-refractivity contribution < 1.29 is 14.6 Å². The van der Waals surface area contributed by atoms with Gasteiger partial charge in [0.05, 0.1) is 24.4 Å². The molecule has 164 valence electrons. The number of hydrogen-bond acceptors (Lipinski definition) is 5. The molecule has 0 spiro atoms. The Morgan fingerprint density at radius 3 is 2.73 bits per heavy atom. The lowest BCUT2D eigenvalue weighted by Crippen LogP contribution is -2.44. The highest BCUT2D eigenvalue weighted by molar-refractivity contribution is 5.89. The van der Waals surface area contributed by atoms with E-state index in [1.165, 1.54) is 0 Å². The van der Waals surface area contributed by atoms with Gasteiger partial charge in [0.25, 0.3) is 0 Å². The molecule has 0 radical (unpaired) electrons. The number of aromatic nitrogens is 4. The van der Waals surface area contributed by atoms with E-state index in [0.717, 1.165) is 50.2 Å². The molecule has 8 heteroatoms. The van der Waals surface area contributed by atoms with E-state index in [0.29, 0.717) is 6.42 Å². The third-order valence-electron chi connectivity index (χ3n) is 6.33. The SMILES string of the molecule is COc1ccc(C2NC(C(=O)O)Cc3c2[nH]c2ccc(-n4nnc5ccccc54)cc32)cc1. The van der Waals surface area contributed by atoms with E-state index in [-0.39, 0.29) is 6.04 Å². The summed E-state index contributed by atoms with van der Waals surface area (Å²) in [5.41, 5.74) is 6.53. The van der Waals surface area contributed by atoms with Gasteiger partial charge in [-0.05, 0) is 53.6 Å². The molecule has 0 saturated heterocycles. The fourth-order valence-electron chi connectivity index (χ4n) is 4.68. The smallest absolute Gasteiger partial charge is 0.321 e. The molecule has 1 aliphatic heterocycles. The molecule has 0 saturated carbocycles. The van der Waals surface area contributed by atoms with Gasteiger partial charge in [0.15, 0.2) is 0 Å². The molecule has 2 aromatic heterocycles. The van der Waals surface area contributed by atoms with E-state index in [1.54, 1.807) is 7.11 Å². The van der Waals surface area contributed by atoms with Crippen molar-refractivity contribution >= 4 is 27.9 Å². The second-order valence-electron chi connectivity index (χ2n) is 8.20. The van der Waals surface area contributed by atoms with Gasteiger partial charge >= 0.3 is 5.97 Å². The van der Waals surface area contributed by atoms with Gasteiger partial charge in [-0.2, -0.15) is 0 Å². The average molecular weight is 439 g/mol. The number of H-pyrrole nitrogens is 1. The van der Waals surface area contributed by atoms with E-state index in [2.05, 4.69) is 26.7 Å². The molecule has 0 fully saturated rings. The van der Waals surface area contributed by atoms with Crippen molar-refractivity contribution in [3.8, 4) is 11.4 Å². The van der Waals surface area contributed by atoms with Crippen LogP contribution >= 0.6 is 0 Å². The Hall–Kier alpha value is -4.17. The van der Waals surface area contributed by atoms with Crippen molar-refractivity contribution in [1.29, 1.82) is 0 Å². The van der Waals surface area contributed by atoms with Crippen LogP contribution in [0.1, 0.15) is 22.9 Å². The number of benzene rings is 3. The Morgan fingerprint density at radius 2 is 1.94 bits per heavy atom. The largest absolute Gasteiger partial charge is 0.497 e. The number of hydrogen-bond donors (Lipinski definition) is 3. The number of methoxy groups -OCH3 is 1. The second kappa shape index (κ2) is 7.46. The van der Waals surface area contributed by atoms with Crippen LogP contribution in [0.4, 0.5) is 0 Å². The Labute approximate surface area is 188 Å². The summed E-state index contributed by atoms with van der Waals surface area (Å²) in [4.78, 5) is 15.5. The van der Waals surface area contributed by atoms with Crippen LogP contribution in [0.15, 0.2) is 66.7 Å². The Balaban J connectivity index is 1.50. The van der Waals surface area contributed by atoms with Crippen molar-refractivity contribution in [2.45, 2.75) is 18.5 Å². The van der Waals surface area contributed by atoms with Gasteiger partial charge in [-0.1, -0.05) is 29.5 Å². The lowest BCUT2D eigenvalue weighted by atomic mass is 9.90. The first-order valence-corrected chi connectivity index (χ1v) is 10.7. The molecular formula is C25H21N5O3. The van der Waals surface area contributed by atoms with Gasteiger partial charge < -0.3 is 14.8 Å². The minimum Gasteiger partial charge on any atom is -0.497 e. The molecule has 0 aliphatic carbocycles. The van der Waals surface area contributed by atoms with Crippen LogP contribution in [0, 0.1) is 0 Å². The number of aliphatic carboxylic acids is 1. The van der Waals surface area contributed by atoms with Gasteiger partial charge in [-0.25, -0.2) is 4.68 Å². The first kappa shape index (κ1) is 19.5. The maximum absolute atomic E-state index is 12.0. The molecule has 3 aromatic carbocycles. The molecule has 0 bridgehead atoms. The number of carboxylic acid groups (broad SMARTS) is 1. The maximum Gasteiger partial charge on any atom is 0.321 e. The minimum atomic E-state index is -0.869. The highest BCUT2D eigenvalue weighted by atomic mass is 16.5. The molecule has 1 aliphatic rings. The van der Waals surface area contributed by atoms with E-state index in [4.69, 9.17) is 4.74 Å². The van der Waals surface area contributed by atoms with Crippen LogP contribution in [-0.2, 0) is 11.2 Å². The average Bonchev–Trinajstić information content (AvgIpc) is 3.44. The van der Waals surface area contributed by atoms with E-state index >= 15 is 0 Å². The van der Waals surface area contributed by atoms with Crippen molar-refractivity contribution in [2.75, 3.05) is 7.11 Å². The van der Waals surface area contributed by atoms with Crippen LogP contribution < -0.4 is 10.1 Å². The van der Waals surface area contributed by atoms with Gasteiger partial charge in [-0.15, -0.1) is 5.10 Å². The zero-order valence-corrected chi connectivity index (χ0v) is 17.8. The summed E-state index contributed by atoms with van der Waals surface area (Å²) in [6, 6.07) is 20.6. The van der Waals surface area contributed by atoms with Crippen LogP contribution in [0.25, 0.3) is 27.6 Å². The summed E-state index contributed by atoms with van der Waals surface area (Å²) in [5, 5.41) is 22.7. The molecule has 0 amide bonds. The lowest BCUT2D eigenvalue weighted by Gasteiger charge is -2.29. The number of fused-ring (bicyclic) bond motifs is 4. The number of rotatable bonds is 4. The Kier molecular flexibility index (Phi) is 4.41. The number of nitrogens with zero attached hydrogens (tertiary/aromatic N) is 3. The number of ether oxygens (including phenoxy) is 1. The van der Waals surface area contributed by atoms with Crippen molar-refractivity contribution in [3.05, 3.63) is 83.6 Å². The molecule has 33 heavy (non-hydrogen) atoms. The van der Waals surface area contributed by atoms with Gasteiger partial charge in [-0.3, -0.25) is 10.1 Å². The van der Waals surface area contributed by atoms with Crippen LogP contribution in [-0.4, -0.2) is 44.2 Å². The van der Waals surface area contributed by atoms with Crippen molar-refractivity contribution in [1.82, 2.24) is 25.3 Å². The fourth-order valence-corrected chi connectivity index (χ4v) is 4.68. The number of aromatic amines is 1. The highest BCUT2D eigenvalue weighted by Gasteiger charge is 2.34. The number of para-hydroxylation sites is 1. The lowest BCUT2D eigenvalue weighted by molar-refractivity contribution is -0.139. The third-order valence-corrected chi connectivity index (χ3v) is 6.33. The van der Waals surface area contributed by atoms with Crippen LogP contribution in [0.5, 0.6) is 5.75 Å². The molecule has 3 heterocycles. The van der Waals surface area contributed by atoms with Gasteiger partial charge in [0, 0.05) is 23.0 Å². The molecule has 3 N–H and O–H groups in total. The standard InChI is InChI=1S/C25H21N5O3/c1-33-16-9-6-14(7-10-16)23-24-18(13-21(27-23)25(31)32)17-12-15(8-11-19(17)26-24)30-22-5-3-2-4-20(22)28-29-30/h2-12,21,23,26-27H,13H2,1H3,(H,31,32). The summed E-state index contributed by atoms with van der Waals surface area (Å²) in [7, 11) is 1.63. The van der Waals surface area contributed by atoms with Gasteiger partial charge in [0.1, 0.15) is 17.3 Å². The van der Waals surface area contributed by atoms with E-state index < -0.39 is 12.0 Å². The first-order valence-electron chi connectivity index (χ1n) is 10.7. The van der Waals surface area contributed by atoms with Crippen LogP contribution in [0.3, 0.4) is 0 Å². The monoisotopic (exact) mass is 439 g/mol. The molecular weight excluding hydrogens is 418 g/mol. The number of nitrogens with one attached hydrogen (secondary N) is 2. The normalized spacial score (nSPS) is 17.8. The minimum absolute atomic E-state index is 0.274. The zero-order chi connectivity index (χ0) is 22.5. The molecule has 8 nitrogen and oxygen atoms in total. The summed E-state index contributed by atoms with van der Waals surface area (Å²) >= 11 is 0. The molecule has 6 rings (SSSR count). The Bertz CT molecular complexity index is 1500. The first-order chi connectivity index (χ1) is 16.1. The summed E-state index contributed by atoms with van der Waals surface area (Å²) < 4.78 is 7.09. The highest BCUT2D eigenvalue weighted by Crippen LogP contribution is 2.36. The van der Waals surface area contributed by atoms with Crippen molar-refractivity contribution in [3.63, 3.8) is 0 Å². The molecule has 5 aromatic rings. The van der Waals surface area contributed by atoms with Crippen LogP contribution in [0.2, 0.25) is 0 Å². The van der Waals surface area contributed by atoms with Gasteiger partial charge in [0.2, 0.25) is 0 Å². The summed E-state index contributed by atoms with van der Waals surface area (Å²) in [6.45, 7) is 0. The predicted molar refractivity (Wildman–Crippen MR) is 124 cm³/mol. The quantitative estimate of drug-likeness (QED) is 0.395. The fraction of sp³-hybridized carbons (Fsp3) is 0.160. The predicted octanol–water partition coefficient (Wildman–Crippen LogP) is 3.60. The van der Waals surface area contributed by atoms with Crippen molar-refractivity contribution in [2.24, 2.45) is 0 Å². The zero-order valence-electron chi connectivity index (χ0n) is 17.8. The van der Waals surface area contributed by atoms with E-state index in [1.807, 2.05) is 65.3 Å². The topological polar surface area (TPSA) is 105 Å².